The van der Waals surface area contributed by atoms with Gasteiger partial charge in [-0.05, 0) is 0 Å². The summed E-state index contributed by atoms with van der Waals surface area (Å²) in [5.74, 6) is 0. The molecule has 0 saturated carbocycles. The van der Waals surface area contributed by atoms with Gasteiger partial charge in [0.2, 0.25) is 0 Å². The van der Waals surface area contributed by atoms with Crippen LogP contribution in [0.3, 0.4) is 0 Å². The molecule has 0 radical (unpaired) electrons. The Morgan fingerprint density at radius 1 is 0.600 bits per heavy atom. The molecule has 0 amide bonds. The second-order valence-electron chi connectivity index (χ2n) is 2.56. The molecule has 0 aliphatic carbocycles. The van der Waals surface area contributed by atoms with E-state index in [9.17, 15) is 0 Å². The molecule has 1 heteroatoms. The second kappa shape index (κ2) is 60.5. The Labute approximate surface area is 120 Å². The van der Waals surface area contributed by atoms with Crippen LogP contribution in [-0.2, 0) is 26.2 Å². The van der Waals surface area contributed by atoms with E-state index in [1.807, 2.05) is 0 Å². The van der Waals surface area contributed by atoms with E-state index in [-0.39, 0.29) is 26.2 Å². The Morgan fingerprint density at radius 2 is 0.667 bits per heavy atom. The fourth-order valence-electron chi connectivity index (χ4n) is 0. The van der Waals surface area contributed by atoms with Crippen LogP contribution in [0.2, 0.25) is 0 Å². The first kappa shape index (κ1) is 29.7. The van der Waals surface area contributed by atoms with Gasteiger partial charge in [-0.15, -0.1) is 0 Å². The van der Waals surface area contributed by atoms with Crippen molar-refractivity contribution in [2.24, 2.45) is 0 Å². The fourth-order valence-corrected chi connectivity index (χ4v) is 0. The number of hydrogen-bond acceptors (Lipinski definition) is 0. The molecule has 0 N–H and O–H groups in total. The molecule has 0 aromatic heterocycles. The summed E-state index contributed by atoms with van der Waals surface area (Å²) >= 11 is 0. The Bertz CT molecular complexity index is 20.8. The average molecular weight is 292 g/mol. The van der Waals surface area contributed by atoms with Gasteiger partial charge < -0.3 is 27.7 Å². The molecule has 0 unspecified atom stereocenters. The van der Waals surface area contributed by atoms with Gasteiger partial charge in [0, 0.05) is 0 Å². The molecular formula is C14H32Zr. The summed E-state index contributed by atoms with van der Waals surface area (Å²) < 4.78 is 0. The van der Waals surface area contributed by atoms with Crippen LogP contribution in [0, 0.1) is 27.7 Å². The van der Waals surface area contributed by atoms with Crippen LogP contribution < -0.4 is 0 Å². The zero-order valence-electron chi connectivity index (χ0n) is 11.6. The van der Waals surface area contributed by atoms with Crippen molar-refractivity contribution in [1.29, 1.82) is 0 Å². The third-order valence-electron chi connectivity index (χ3n) is 1.06. The van der Waals surface area contributed by atoms with Gasteiger partial charge in [-0.25, -0.2) is 0 Å². The third kappa shape index (κ3) is 164. The summed E-state index contributed by atoms with van der Waals surface area (Å²) in [7, 11) is 0. The summed E-state index contributed by atoms with van der Waals surface area (Å²) in [5.41, 5.74) is 0. The minimum atomic E-state index is 0. The normalized spacial score (nSPS) is 6.40. The van der Waals surface area contributed by atoms with Crippen molar-refractivity contribution < 1.29 is 26.2 Å². The molecule has 0 heterocycles. The Morgan fingerprint density at radius 3 is 0.667 bits per heavy atom. The molecule has 0 aromatic carbocycles. The molecule has 15 heavy (non-hydrogen) atoms. The van der Waals surface area contributed by atoms with Crippen LogP contribution in [-0.4, -0.2) is 0 Å². The van der Waals surface area contributed by atoms with Crippen molar-refractivity contribution in [3.63, 3.8) is 0 Å². The van der Waals surface area contributed by atoms with Gasteiger partial charge in [0.1, 0.15) is 0 Å². The van der Waals surface area contributed by atoms with Crippen LogP contribution in [0.5, 0.6) is 0 Å². The minimum Gasteiger partial charge on any atom is -0.346 e. The topological polar surface area (TPSA) is 0 Å². The second-order valence-corrected chi connectivity index (χ2v) is 2.56. The summed E-state index contributed by atoms with van der Waals surface area (Å²) in [5, 5.41) is 0. The maximum absolute atomic E-state index is 3.60. The van der Waals surface area contributed by atoms with Crippen molar-refractivity contribution in [2.45, 2.75) is 66.2 Å². The van der Waals surface area contributed by atoms with Crippen LogP contribution >= 0.6 is 0 Å². The average Bonchev–Trinajstić information content (AvgIpc) is 2.31. The van der Waals surface area contributed by atoms with Gasteiger partial charge in [-0.2, -0.15) is 26.2 Å². The van der Waals surface area contributed by atoms with Gasteiger partial charge >= 0.3 is 26.2 Å². The number of rotatable bonds is 3. The predicted molar refractivity (Wildman–Crippen MR) is 71.8 cm³/mol. The molecule has 0 fully saturated rings. The molecule has 0 aliphatic heterocycles. The fraction of sp³-hybridized carbons (Fsp3) is 0.714. The first-order valence-corrected chi connectivity index (χ1v) is 5.83. The quantitative estimate of drug-likeness (QED) is 0.585. The van der Waals surface area contributed by atoms with Gasteiger partial charge in [0.15, 0.2) is 0 Å². The van der Waals surface area contributed by atoms with Crippen molar-refractivity contribution in [3.8, 4) is 0 Å². The molecule has 92 valence electrons. The standard InChI is InChI=1S/3C4H9.C2H5.Zr/c3*1-3-4-2;1-2;/h3*1,3-4H2,2H3;1H2,2H3;/q4*-1;+4. The van der Waals surface area contributed by atoms with E-state index in [0.29, 0.717) is 0 Å². The predicted octanol–water partition coefficient (Wildman–Crippen LogP) is 5.70. The molecule has 0 rings (SSSR count). The van der Waals surface area contributed by atoms with E-state index < -0.39 is 0 Å². The third-order valence-corrected chi connectivity index (χ3v) is 1.06. The molecule has 0 bridgehead atoms. The Kier molecular flexibility index (Phi) is 120. The van der Waals surface area contributed by atoms with Crippen LogP contribution in [0.25, 0.3) is 0 Å². The van der Waals surface area contributed by atoms with Gasteiger partial charge in [0.05, 0.1) is 0 Å². The zero-order chi connectivity index (χ0) is 12.2. The Balaban J connectivity index is -0.0000000298. The van der Waals surface area contributed by atoms with Crippen molar-refractivity contribution >= 4 is 0 Å². The summed E-state index contributed by atoms with van der Waals surface area (Å²) in [6.45, 7) is 22.2. The van der Waals surface area contributed by atoms with Crippen molar-refractivity contribution in [3.05, 3.63) is 27.7 Å². The molecular weight excluding hydrogens is 259 g/mol. The maximum Gasteiger partial charge on any atom is 4.00 e. The summed E-state index contributed by atoms with van der Waals surface area (Å²) in [6.07, 6.45) is 6.83. The van der Waals surface area contributed by atoms with Crippen molar-refractivity contribution in [2.75, 3.05) is 0 Å². The number of unbranched alkanes of at least 4 members (excludes halogenated alkanes) is 3. The first-order valence-electron chi connectivity index (χ1n) is 5.83. The first-order chi connectivity index (χ1) is 6.74. The van der Waals surface area contributed by atoms with Crippen LogP contribution in [0.1, 0.15) is 66.2 Å². The monoisotopic (exact) mass is 290 g/mol. The minimum absolute atomic E-state index is 0. The summed E-state index contributed by atoms with van der Waals surface area (Å²) in [4.78, 5) is 0. The van der Waals surface area contributed by atoms with Crippen molar-refractivity contribution in [1.82, 2.24) is 0 Å². The Hall–Kier alpha value is 0.883. The largest absolute Gasteiger partial charge is 4.00 e. The molecule has 0 aromatic rings. The SMILES string of the molecule is [CH2-]C.[CH2-]CCC.[CH2-]CCC.[CH2-]CCC.[Zr+4]. The molecule has 0 aliphatic rings. The molecule has 0 saturated heterocycles. The number of hydrogen-bond donors (Lipinski definition) is 0. The van der Waals surface area contributed by atoms with E-state index in [0.717, 1.165) is 19.3 Å². The smallest absolute Gasteiger partial charge is 0.346 e. The van der Waals surface area contributed by atoms with Gasteiger partial charge in [-0.3, -0.25) is 0 Å². The van der Waals surface area contributed by atoms with E-state index in [4.69, 9.17) is 0 Å². The molecule has 0 spiro atoms. The molecule has 0 atom stereocenters. The molecule has 0 nitrogen and oxygen atoms in total. The summed E-state index contributed by atoms with van der Waals surface area (Å²) in [6, 6.07) is 0. The maximum atomic E-state index is 3.60. The van der Waals surface area contributed by atoms with Gasteiger partial charge in [-0.1, -0.05) is 40.0 Å². The van der Waals surface area contributed by atoms with E-state index >= 15 is 0 Å². The van der Waals surface area contributed by atoms with Crippen LogP contribution in [0.4, 0.5) is 0 Å². The van der Waals surface area contributed by atoms with Gasteiger partial charge in [0.25, 0.3) is 0 Å². The zero-order valence-corrected chi connectivity index (χ0v) is 14.0. The van der Waals surface area contributed by atoms with E-state index in [1.165, 1.54) is 19.3 Å². The van der Waals surface area contributed by atoms with E-state index in [1.54, 1.807) is 6.92 Å². The van der Waals surface area contributed by atoms with Crippen LogP contribution in [0.15, 0.2) is 0 Å². The van der Waals surface area contributed by atoms with E-state index in [2.05, 4.69) is 48.5 Å².